The van der Waals surface area contributed by atoms with Gasteiger partial charge < -0.3 is 4.74 Å². The molecule has 0 bridgehead atoms. The molecule has 3 aromatic carbocycles. The Bertz CT molecular complexity index is 1410. The molecule has 36 heavy (non-hydrogen) atoms. The first-order chi connectivity index (χ1) is 17.5. The lowest BCUT2D eigenvalue weighted by Crippen LogP contribution is -2.27. The normalized spacial score (nSPS) is 15.0. The highest BCUT2D eigenvalue weighted by atomic mass is 35.5. The van der Waals surface area contributed by atoms with Crippen molar-refractivity contribution in [3.8, 4) is 5.75 Å². The van der Waals surface area contributed by atoms with E-state index in [-0.39, 0.29) is 17.1 Å². The van der Waals surface area contributed by atoms with Crippen LogP contribution in [0, 0.1) is 6.92 Å². The van der Waals surface area contributed by atoms with Crippen molar-refractivity contribution < 1.29 is 9.53 Å². The van der Waals surface area contributed by atoms with Gasteiger partial charge in [-0.3, -0.25) is 4.79 Å². The van der Waals surface area contributed by atoms with Crippen LogP contribution in [0.25, 0.3) is 0 Å². The number of aromatic nitrogens is 1. The molecular weight excluding hydrogens is 493 g/mol. The molecule has 1 atom stereocenters. The molecule has 1 amide bonds. The highest BCUT2D eigenvalue weighted by Gasteiger charge is 2.34. The summed E-state index contributed by atoms with van der Waals surface area (Å²) in [4.78, 5) is 17.8. The minimum atomic E-state index is -0.302. The zero-order chi connectivity index (χ0) is 25.1. The number of ether oxygens (including phenoxy) is 1. The lowest BCUT2D eigenvalue weighted by molar-refractivity contribution is 0.0711. The fourth-order valence-electron chi connectivity index (χ4n) is 4.11. The van der Waals surface area contributed by atoms with Gasteiger partial charge in [-0.05, 0) is 60.0 Å². The van der Waals surface area contributed by atoms with Crippen LogP contribution in [0.1, 0.15) is 45.2 Å². The van der Waals surface area contributed by atoms with Gasteiger partial charge in [0.1, 0.15) is 17.5 Å². The van der Waals surface area contributed by atoms with Crippen LogP contribution in [0.15, 0.2) is 96.1 Å². The molecule has 0 saturated carbocycles. The number of hydrazone groups is 1. The van der Waals surface area contributed by atoms with Gasteiger partial charge in [0.15, 0.2) is 0 Å². The summed E-state index contributed by atoms with van der Waals surface area (Å²) < 4.78 is 5.93. The summed E-state index contributed by atoms with van der Waals surface area (Å²) in [6.45, 7) is 2.31. The van der Waals surface area contributed by atoms with Gasteiger partial charge in [-0.15, -0.1) is 0 Å². The molecule has 1 aliphatic rings. The van der Waals surface area contributed by atoms with Crippen LogP contribution in [-0.4, -0.2) is 21.6 Å². The van der Waals surface area contributed by atoms with E-state index in [1.807, 2.05) is 85.8 Å². The van der Waals surface area contributed by atoms with Crippen LogP contribution < -0.4 is 4.74 Å². The van der Waals surface area contributed by atoms with E-state index in [9.17, 15) is 4.79 Å². The van der Waals surface area contributed by atoms with E-state index in [0.717, 1.165) is 33.8 Å². The molecule has 0 radical (unpaired) electrons. The molecule has 0 aliphatic carbocycles. The van der Waals surface area contributed by atoms with E-state index < -0.39 is 0 Å². The monoisotopic (exact) mass is 515 g/mol. The zero-order valence-electron chi connectivity index (χ0n) is 19.6. The summed E-state index contributed by atoms with van der Waals surface area (Å²) in [5.74, 6) is 0.453. The summed E-state index contributed by atoms with van der Waals surface area (Å²) >= 11 is 12.4. The average molecular weight is 516 g/mol. The van der Waals surface area contributed by atoms with Gasteiger partial charge in [-0.2, -0.15) is 5.10 Å². The van der Waals surface area contributed by atoms with E-state index in [1.54, 1.807) is 12.1 Å². The Morgan fingerprint density at radius 1 is 0.944 bits per heavy atom. The topological polar surface area (TPSA) is 54.8 Å². The lowest BCUT2D eigenvalue weighted by Gasteiger charge is -2.22. The molecule has 1 aliphatic heterocycles. The van der Waals surface area contributed by atoms with Crippen molar-refractivity contribution in [3.63, 3.8) is 0 Å². The van der Waals surface area contributed by atoms with Gasteiger partial charge in [-0.25, -0.2) is 9.99 Å². The summed E-state index contributed by atoms with van der Waals surface area (Å²) in [6.07, 6.45) is 0.550. The van der Waals surface area contributed by atoms with Gasteiger partial charge in [-0.1, -0.05) is 77.8 Å². The fourth-order valence-corrected chi connectivity index (χ4v) is 4.51. The van der Waals surface area contributed by atoms with E-state index in [2.05, 4.69) is 4.98 Å². The van der Waals surface area contributed by atoms with E-state index >= 15 is 0 Å². The lowest BCUT2D eigenvalue weighted by atomic mass is 9.98. The number of carbonyl (C=O) groups is 1. The number of aryl methyl sites for hydroxylation is 1. The molecule has 1 unspecified atom stereocenters. The number of nitrogens with zero attached hydrogens (tertiary/aromatic N) is 3. The maximum absolute atomic E-state index is 13.6. The van der Waals surface area contributed by atoms with E-state index in [1.165, 1.54) is 5.01 Å². The first-order valence-electron chi connectivity index (χ1n) is 11.5. The zero-order valence-corrected chi connectivity index (χ0v) is 21.1. The minimum absolute atomic E-state index is 0.165. The van der Waals surface area contributed by atoms with Crippen molar-refractivity contribution >= 4 is 34.8 Å². The van der Waals surface area contributed by atoms with Crippen molar-refractivity contribution in [1.29, 1.82) is 0 Å². The second-order valence-corrected chi connectivity index (χ2v) is 9.35. The molecule has 7 heteroatoms. The molecule has 5 nitrogen and oxygen atoms in total. The van der Waals surface area contributed by atoms with Crippen LogP contribution >= 0.6 is 23.2 Å². The maximum Gasteiger partial charge on any atom is 0.277 e. The minimum Gasteiger partial charge on any atom is -0.489 e. The quantitative estimate of drug-likeness (QED) is 0.253. The Kier molecular flexibility index (Phi) is 7.03. The Labute approximate surface area is 220 Å². The Morgan fingerprint density at radius 3 is 2.36 bits per heavy atom. The van der Waals surface area contributed by atoms with Gasteiger partial charge in [0, 0.05) is 17.1 Å². The van der Waals surface area contributed by atoms with Crippen LogP contribution in [-0.2, 0) is 6.61 Å². The second-order valence-electron chi connectivity index (χ2n) is 8.56. The third-order valence-electron chi connectivity index (χ3n) is 6.03. The number of benzene rings is 3. The maximum atomic E-state index is 13.6. The Balaban J connectivity index is 1.42. The van der Waals surface area contributed by atoms with Gasteiger partial charge in [0.05, 0.1) is 17.3 Å². The predicted molar refractivity (Wildman–Crippen MR) is 143 cm³/mol. The Morgan fingerprint density at radius 2 is 1.67 bits per heavy atom. The van der Waals surface area contributed by atoms with Crippen LogP contribution in [0.3, 0.4) is 0 Å². The van der Waals surface area contributed by atoms with Crippen molar-refractivity contribution in [2.75, 3.05) is 0 Å². The number of hydrogen-bond acceptors (Lipinski definition) is 4. The van der Waals surface area contributed by atoms with Crippen molar-refractivity contribution in [2.24, 2.45) is 5.10 Å². The molecule has 2 heterocycles. The molecule has 4 aromatic rings. The van der Waals surface area contributed by atoms with Gasteiger partial charge >= 0.3 is 0 Å². The van der Waals surface area contributed by atoms with Crippen LogP contribution in [0.5, 0.6) is 5.75 Å². The average Bonchev–Trinajstić information content (AvgIpc) is 3.34. The molecule has 0 saturated heterocycles. The number of rotatable bonds is 6. The highest BCUT2D eigenvalue weighted by Crippen LogP contribution is 2.35. The van der Waals surface area contributed by atoms with E-state index in [4.69, 9.17) is 33.0 Å². The molecule has 1 aromatic heterocycles. The molecular formula is C29H23Cl2N3O2. The number of carbonyl (C=O) groups excluding carboxylic acids is 1. The molecule has 0 N–H and O–H groups in total. The Hall–Kier alpha value is -3.67. The third-order valence-corrected chi connectivity index (χ3v) is 6.57. The predicted octanol–water partition coefficient (Wildman–Crippen LogP) is 7.27. The molecule has 180 valence electrons. The number of pyridine rings is 1. The van der Waals surface area contributed by atoms with Crippen molar-refractivity contribution in [1.82, 2.24) is 9.99 Å². The summed E-state index contributed by atoms with van der Waals surface area (Å²) in [5, 5.41) is 7.03. The third kappa shape index (κ3) is 5.27. The largest absolute Gasteiger partial charge is 0.489 e. The van der Waals surface area contributed by atoms with E-state index in [0.29, 0.717) is 23.6 Å². The highest BCUT2D eigenvalue weighted by molar-refractivity contribution is 6.32. The van der Waals surface area contributed by atoms with Gasteiger partial charge in [0.2, 0.25) is 0 Å². The first-order valence-corrected chi connectivity index (χ1v) is 12.3. The van der Waals surface area contributed by atoms with Gasteiger partial charge in [0.25, 0.3) is 5.91 Å². The van der Waals surface area contributed by atoms with Crippen LogP contribution in [0.2, 0.25) is 10.2 Å². The first kappa shape index (κ1) is 24.0. The standard InChI is InChI=1S/C29H23Cl2N3O2/c1-19-7-16-25(28(31)32-19)29(35)34-27(17-26(33-34)21-8-12-23(30)13-9-21)22-10-14-24(15-11-22)36-18-20-5-3-2-4-6-20/h2-16,27H,17-18H2,1H3. The number of halogens is 2. The SMILES string of the molecule is Cc1ccc(C(=O)N2N=C(c3ccc(Cl)cc3)CC2c2ccc(OCc3ccccc3)cc2)c(Cl)n1. The number of amides is 1. The summed E-state index contributed by atoms with van der Waals surface area (Å²) in [7, 11) is 0. The molecule has 0 spiro atoms. The fraction of sp³-hybridized carbons (Fsp3) is 0.138. The summed E-state index contributed by atoms with van der Waals surface area (Å²) in [5.41, 5.74) is 4.81. The van der Waals surface area contributed by atoms with Crippen LogP contribution in [0.4, 0.5) is 0 Å². The second kappa shape index (κ2) is 10.5. The number of hydrogen-bond donors (Lipinski definition) is 0. The smallest absolute Gasteiger partial charge is 0.277 e. The van der Waals surface area contributed by atoms with Crippen molar-refractivity contribution in [3.05, 3.63) is 129 Å². The summed E-state index contributed by atoms with van der Waals surface area (Å²) in [6, 6.07) is 28.4. The molecule has 5 rings (SSSR count). The molecule has 0 fully saturated rings. The van der Waals surface area contributed by atoms with Crippen molar-refractivity contribution in [2.45, 2.75) is 26.0 Å².